The number of amides is 2. The lowest BCUT2D eigenvalue weighted by Crippen LogP contribution is -2.43. The maximum absolute atomic E-state index is 12.1. The number of ether oxygens (including phenoxy) is 1. The highest BCUT2D eigenvalue weighted by Gasteiger charge is 2.17. The van der Waals surface area contributed by atoms with Crippen molar-refractivity contribution in [3.8, 4) is 5.75 Å². The molecule has 0 aromatic heterocycles. The molecule has 2 aromatic carbocycles. The highest BCUT2D eigenvalue weighted by atomic mass is 16.6. The molecule has 0 aliphatic heterocycles. The molecule has 2 amide bonds. The number of nitrogens with one attached hydrogen (secondary N) is 2. The molecule has 0 fully saturated rings. The molecule has 0 aliphatic carbocycles. The average molecular weight is 425 g/mol. The number of hydrogen-bond acceptors (Lipinski definition) is 7. The SMILES string of the molecule is CC(C)(C)OC(=O)N[B]NC(=O)Cc1cc(N=Nc2ccccc2C(=O)O)ccc1O. The number of aromatic hydroxyl groups is 1. The van der Waals surface area contributed by atoms with Gasteiger partial charge in [0.05, 0.1) is 17.7 Å². The number of phenolic OH excluding ortho intramolecular Hbond substituents is 1. The Balaban J connectivity index is 1.99. The van der Waals surface area contributed by atoms with Crippen LogP contribution in [0.5, 0.6) is 5.75 Å². The number of carbonyl (C=O) groups is 3. The van der Waals surface area contributed by atoms with Gasteiger partial charge in [0, 0.05) is 5.56 Å². The van der Waals surface area contributed by atoms with Crippen molar-refractivity contribution in [1.29, 1.82) is 0 Å². The van der Waals surface area contributed by atoms with Gasteiger partial charge in [-0.2, -0.15) is 5.11 Å². The van der Waals surface area contributed by atoms with Crippen molar-refractivity contribution in [1.82, 2.24) is 10.5 Å². The number of carboxylic acid groups (broad SMARTS) is 1. The first-order valence-corrected chi connectivity index (χ1v) is 9.21. The van der Waals surface area contributed by atoms with Crippen molar-refractivity contribution >= 4 is 36.9 Å². The largest absolute Gasteiger partial charge is 0.508 e. The molecule has 0 atom stereocenters. The van der Waals surface area contributed by atoms with E-state index in [1.54, 1.807) is 32.9 Å². The zero-order valence-electron chi connectivity index (χ0n) is 17.2. The van der Waals surface area contributed by atoms with E-state index in [0.29, 0.717) is 5.69 Å². The van der Waals surface area contributed by atoms with Gasteiger partial charge in [0.25, 0.3) is 0 Å². The Kier molecular flexibility index (Phi) is 7.72. The molecule has 31 heavy (non-hydrogen) atoms. The number of rotatable bonds is 7. The standard InChI is InChI=1S/C20H22BN4O6/c1-20(2,3)31-19(30)23-21-22-17(27)11-12-10-13(8-9-16(12)26)24-25-15-7-5-4-6-14(15)18(28)29/h4-10,26H,11H2,1-3H3,(H,22,27)(H,23,30)(H,28,29). The van der Waals surface area contributed by atoms with Crippen molar-refractivity contribution in [2.75, 3.05) is 0 Å². The zero-order chi connectivity index (χ0) is 23.0. The predicted molar refractivity (Wildman–Crippen MR) is 113 cm³/mol. The molecule has 2 aromatic rings. The van der Waals surface area contributed by atoms with Crippen LogP contribution in [-0.2, 0) is 16.0 Å². The maximum atomic E-state index is 12.1. The molecule has 2 rings (SSSR count). The van der Waals surface area contributed by atoms with Crippen LogP contribution in [0, 0.1) is 0 Å². The van der Waals surface area contributed by atoms with Gasteiger partial charge in [0.2, 0.25) is 5.91 Å². The van der Waals surface area contributed by atoms with Gasteiger partial charge in [0.1, 0.15) is 17.0 Å². The molecule has 4 N–H and O–H groups in total. The summed E-state index contributed by atoms with van der Waals surface area (Å²) in [5.41, 5.74) is 0.0823. The van der Waals surface area contributed by atoms with Crippen LogP contribution in [-0.4, -0.2) is 41.3 Å². The maximum Gasteiger partial charge on any atom is 0.396 e. The van der Waals surface area contributed by atoms with Crippen LogP contribution in [0.4, 0.5) is 16.2 Å². The molecule has 1 radical (unpaired) electrons. The number of azo groups is 1. The van der Waals surface area contributed by atoms with Gasteiger partial charge >= 0.3 is 19.6 Å². The zero-order valence-corrected chi connectivity index (χ0v) is 17.2. The number of carbonyl (C=O) groups excluding carboxylic acids is 2. The van der Waals surface area contributed by atoms with Crippen LogP contribution in [0.15, 0.2) is 52.7 Å². The fourth-order valence-corrected chi connectivity index (χ4v) is 2.34. The molecular formula is C20H22BN4O6. The topological polar surface area (TPSA) is 150 Å². The predicted octanol–water partition coefficient (Wildman–Crippen LogP) is 3.22. The molecular weight excluding hydrogens is 403 g/mol. The number of phenols is 1. The van der Waals surface area contributed by atoms with E-state index in [1.165, 1.54) is 30.3 Å². The molecule has 0 heterocycles. The normalized spacial score (nSPS) is 11.1. The lowest BCUT2D eigenvalue weighted by molar-refractivity contribution is -0.118. The highest BCUT2D eigenvalue weighted by Crippen LogP contribution is 2.26. The Hall–Kier alpha value is -3.89. The highest BCUT2D eigenvalue weighted by molar-refractivity contribution is 6.37. The minimum Gasteiger partial charge on any atom is -0.508 e. The fraction of sp³-hybridized carbons (Fsp3) is 0.250. The third kappa shape index (κ3) is 7.80. The van der Waals surface area contributed by atoms with Crippen molar-refractivity contribution in [2.24, 2.45) is 10.2 Å². The van der Waals surface area contributed by atoms with E-state index >= 15 is 0 Å². The van der Waals surface area contributed by atoms with Gasteiger partial charge in [-0.15, -0.1) is 5.11 Å². The molecule has 0 spiro atoms. The number of aromatic carboxylic acids is 1. The lowest BCUT2D eigenvalue weighted by atomic mass is 10.1. The van der Waals surface area contributed by atoms with E-state index in [-0.39, 0.29) is 29.0 Å². The number of carboxylic acids is 1. The Morgan fingerprint density at radius 3 is 2.45 bits per heavy atom. The van der Waals surface area contributed by atoms with Gasteiger partial charge in [-0.1, -0.05) is 12.1 Å². The van der Waals surface area contributed by atoms with Gasteiger partial charge < -0.3 is 25.4 Å². The summed E-state index contributed by atoms with van der Waals surface area (Å²) in [5, 5.41) is 31.7. The number of hydrogen-bond donors (Lipinski definition) is 4. The van der Waals surface area contributed by atoms with Crippen LogP contribution in [0.3, 0.4) is 0 Å². The van der Waals surface area contributed by atoms with Crippen LogP contribution in [0.1, 0.15) is 36.7 Å². The summed E-state index contributed by atoms with van der Waals surface area (Å²) in [4.78, 5) is 34.8. The second-order valence-electron chi connectivity index (χ2n) is 7.37. The quantitative estimate of drug-likeness (QED) is 0.395. The van der Waals surface area contributed by atoms with Crippen molar-refractivity contribution in [3.63, 3.8) is 0 Å². The summed E-state index contributed by atoms with van der Waals surface area (Å²) < 4.78 is 5.03. The molecule has 161 valence electrons. The van der Waals surface area contributed by atoms with Crippen LogP contribution < -0.4 is 10.5 Å². The van der Waals surface area contributed by atoms with Crippen LogP contribution in [0.2, 0.25) is 0 Å². The Labute approximate surface area is 179 Å². The Morgan fingerprint density at radius 1 is 1.06 bits per heavy atom. The molecule has 11 heteroatoms. The first kappa shape index (κ1) is 23.4. The average Bonchev–Trinajstić information content (AvgIpc) is 2.67. The first-order chi connectivity index (χ1) is 14.5. The Morgan fingerprint density at radius 2 is 1.77 bits per heavy atom. The summed E-state index contributed by atoms with van der Waals surface area (Å²) in [6.07, 6.45) is -0.923. The molecule has 0 bridgehead atoms. The number of nitrogens with zero attached hydrogens (tertiary/aromatic N) is 2. The monoisotopic (exact) mass is 425 g/mol. The van der Waals surface area contributed by atoms with E-state index in [2.05, 4.69) is 20.7 Å². The second kappa shape index (κ2) is 10.2. The minimum absolute atomic E-state index is 0.00217. The summed E-state index contributed by atoms with van der Waals surface area (Å²) in [6.45, 7) is 5.12. The second-order valence-corrected chi connectivity index (χ2v) is 7.37. The summed E-state index contributed by atoms with van der Waals surface area (Å²) in [7, 11) is 1.04. The van der Waals surface area contributed by atoms with Crippen LogP contribution in [0.25, 0.3) is 0 Å². The number of benzene rings is 2. The van der Waals surface area contributed by atoms with E-state index in [1.807, 2.05) is 0 Å². The third-order valence-electron chi connectivity index (χ3n) is 3.64. The third-order valence-corrected chi connectivity index (χ3v) is 3.64. The Bertz CT molecular complexity index is 1000. The lowest BCUT2D eigenvalue weighted by Gasteiger charge is -2.19. The molecule has 0 aliphatic rings. The van der Waals surface area contributed by atoms with Crippen molar-refractivity contribution in [2.45, 2.75) is 32.8 Å². The molecule has 10 nitrogen and oxygen atoms in total. The smallest absolute Gasteiger partial charge is 0.396 e. The van der Waals surface area contributed by atoms with E-state index < -0.39 is 23.6 Å². The molecule has 0 saturated carbocycles. The summed E-state index contributed by atoms with van der Waals surface area (Å²) in [5.74, 6) is -1.76. The van der Waals surface area contributed by atoms with Crippen LogP contribution >= 0.6 is 0 Å². The minimum atomic E-state index is -1.13. The van der Waals surface area contributed by atoms with Gasteiger partial charge in [-0.3, -0.25) is 4.79 Å². The fourth-order valence-electron chi connectivity index (χ4n) is 2.34. The van der Waals surface area contributed by atoms with Gasteiger partial charge in [-0.25, -0.2) is 9.59 Å². The summed E-state index contributed by atoms with van der Waals surface area (Å²) in [6, 6.07) is 10.4. The molecule has 0 unspecified atom stereocenters. The van der Waals surface area contributed by atoms with E-state index in [4.69, 9.17) is 4.74 Å². The van der Waals surface area contributed by atoms with Gasteiger partial charge in [0.15, 0.2) is 0 Å². The van der Waals surface area contributed by atoms with E-state index in [9.17, 15) is 24.6 Å². The first-order valence-electron chi connectivity index (χ1n) is 9.21. The van der Waals surface area contributed by atoms with Crippen molar-refractivity contribution < 1.29 is 29.3 Å². The molecule has 0 saturated heterocycles. The van der Waals surface area contributed by atoms with Crippen molar-refractivity contribution in [3.05, 3.63) is 53.6 Å². The van der Waals surface area contributed by atoms with Gasteiger partial charge in [-0.05, 0) is 51.1 Å². The summed E-state index contributed by atoms with van der Waals surface area (Å²) >= 11 is 0. The van der Waals surface area contributed by atoms with E-state index in [0.717, 1.165) is 7.55 Å².